The second-order valence-corrected chi connectivity index (χ2v) is 4.39. The fourth-order valence-electron chi connectivity index (χ4n) is 2.12. The van der Waals surface area contributed by atoms with Gasteiger partial charge in [-0.25, -0.2) is 0 Å². The first kappa shape index (κ1) is 9.50. The van der Waals surface area contributed by atoms with Gasteiger partial charge in [-0.15, -0.1) is 6.58 Å². The van der Waals surface area contributed by atoms with Gasteiger partial charge in [0.25, 0.3) is 0 Å². The number of carbonyl (C=O) groups excluding carboxylic acids is 1. The van der Waals surface area contributed by atoms with E-state index < -0.39 is 0 Å². The van der Waals surface area contributed by atoms with Crippen LogP contribution in [0.25, 0.3) is 0 Å². The number of rotatable bonds is 2. The van der Waals surface area contributed by atoms with Gasteiger partial charge in [-0.2, -0.15) is 0 Å². The maximum Gasteiger partial charge on any atom is 0.136 e. The summed E-state index contributed by atoms with van der Waals surface area (Å²) in [6.45, 7) is 8.09. The highest BCUT2D eigenvalue weighted by atomic mass is 16.1. The summed E-state index contributed by atoms with van der Waals surface area (Å²) in [5, 5.41) is 0. The molecular weight excluding hydrogens is 148 g/mol. The molecule has 12 heavy (non-hydrogen) atoms. The monoisotopic (exact) mass is 166 g/mol. The quantitative estimate of drug-likeness (QED) is 0.576. The van der Waals surface area contributed by atoms with E-state index in [1.807, 2.05) is 6.08 Å². The molecule has 1 rings (SSSR count). The zero-order valence-electron chi connectivity index (χ0n) is 8.10. The van der Waals surface area contributed by atoms with Crippen molar-refractivity contribution in [3.8, 4) is 0 Å². The molecular formula is C11H18O. The van der Waals surface area contributed by atoms with Gasteiger partial charge in [0.05, 0.1) is 0 Å². The van der Waals surface area contributed by atoms with Gasteiger partial charge in [0.2, 0.25) is 0 Å². The van der Waals surface area contributed by atoms with Crippen LogP contribution in [0, 0.1) is 11.3 Å². The molecule has 1 aliphatic carbocycles. The molecule has 68 valence electrons. The molecule has 0 saturated heterocycles. The van der Waals surface area contributed by atoms with E-state index in [0.717, 1.165) is 19.3 Å². The van der Waals surface area contributed by atoms with Crippen LogP contribution >= 0.6 is 0 Å². The highest BCUT2D eigenvalue weighted by molar-refractivity contribution is 5.82. The molecule has 0 radical (unpaired) electrons. The van der Waals surface area contributed by atoms with Crippen molar-refractivity contribution in [1.29, 1.82) is 0 Å². The molecule has 0 aromatic carbocycles. The molecule has 0 spiro atoms. The summed E-state index contributed by atoms with van der Waals surface area (Å²) >= 11 is 0. The van der Waals surface area contributed by atoms with Crippen LogP contribution < -0.4 is 0 Å². The number of allylic oxidation sites excluding steroid dienone is 1. The molecule has 0 amide bonds. The molecule has 0 aromatic rings. The van der Waals surface area contributed by atoms with Crippen LogP contribution in [0.1, 0.15) is 39.5 Å². The molecule has 1 heteroatoms. The summed E-state index contributed by atoms with van der Waals surface area (Å²) in [6, 6.07) is 0. The fourth-order valence-corrected chi connectivity index (χ4v) is 2.12. The lowest BCUT2D eigenvalue weighted by molar-refractivity contribution is -0.129. The molecule has 1 unspecified atom stereocenters. The standard InChI is InChI=1S/C11H18O/c1-4-6-9-10(12)7-5-8-11(9,2)3/h4,9H,1,5-8H2,2-3H3. The predicted octanol–water partition coefficient (Wildman–Crippen LogP) is 2.96. The second-order valence-electron chi connectivity index (χ2n) is 4.39. The summed E-state index contributed by atoms with van der Waals surface area (Å²) < 4.78 is 0. The first-order chi connectivity index (χ1) is 5.58. The third-order valence-corrected chi connectivity index (χ3v) is 2.98. The van der Waals surface area contributed by atoms with Crippen LogP contribution in [0.2, 0.25) is 0 Å². The van der Waals surface area contributed by atoms with Crippen LogP contribution in [0.3, 0.4) is 0 Å². The van der Waals surface area contributed by atoms with E-state index in [1.165, 1.54) is 6.42 Å². The molecule has 1 nitrogen and oxygen atoms in total. The Balaban J connectivity index is 2.73. The first-order valence-corrected chi connectivity index (χ1v) is 4.71. The van der Waals surface area contributed by atoms with Crippen LogP contribution in [0.4, 0.5) is 0 Å². The molecule has 1 aliphatic rings. The van der Waals surface area contributed by atoms with Gasteiger partial charge in [-0.1, -0.05) is 19.9 Å². The summed E-state index contributed by atoms with van der Waals surface area (Å²) in [4.78, 5) is 11.6. The van der Waals surface area contributed by atoms with Gasteiger partial charge in [0, 0.05) is 12.3 Å². The minimum absolute atomic E-state index is 0.198. The minimum Gasteiger partial charge on any atom is -0.299 e. The Kier molecular flexibility index (Phi) is 2.71. The Morgan fingerprint density at radius 1 is 1.67 bits per heavy atom. The third kappa shape index (κ3) is 1.77. The molecule has 1 saturated carbocycles. The van der Waals surface area contributed by atoms with E-state index in [9.17, 15) is 4.79 Å². The van der Waals surface area contributed by atoms with E-state index in [0.29, 0.717) is 5.78 Å². The minimum atomic E-state index is 0.198. The zero-order valence-corrected chi connectivity index (χ0v) is 8.10. The summed E-state index contributed by atoms with van der Waals surface area (Å²) in [5.74, 6) is 0.662. The van der Waals surface area contributed by atoms with E-state index in [4.69, 9.17) is 0 Å². The predicted molar refractivity (Wildman–Crippen MR) is 50.9 cm³/mol. The molecule has 0 heterocycles. The topological polar surface area (TPSA) is 17.1 Å². The Morgan fingerprint density at radius 2 is 2.33 bits per heavy atom. The van der Waals surface area contributed by atoms with Gasteiger partial charge in [0.1, 0.15) is 5.78 Å². The van der Waals surface area contributed by atoms with Crippen molar-refractivity contribution in [3.63, 3.8) is 0 Å². The fraction of sp³-hybridized carbons (Fsp3) is 0.727. The normalized spacial score (nSPS) is 28.5. The highest BCUT2D eigenvalue weighted by Gasteiger charge is 2.36. The molecule has 0 aromatic heterocycles. The lowest BCUT2D eigenvalue weighted by Crippen LogP contribution is -2.34. The average molecular weight is 166 g/mol. The number of carbonyl (C=O) groups is 1. The molecule has 0 bridgehead atoms. The van der Waals surface area contributed by atoms with Crippen LogP contribution in [-0.4, -0.2) is 5.78 Å². The maximum atomic E-state index is 11.6. The third-order valence-electron chi connectivity index (χ3n) is 2.98. The van der Waals surface area contributed by atoms with Crippen molar-refractivity contribution in [2.24, 2.45) is 11.3 Å². The largest absolute Gasteiger partial charge is 0.299 e. The van der Waals surface area contributed by atoms with E-state index in [1.54, 1.807) is 0 Å². The molecule has 0 aliphatic heterocycles. The molecule has 1 fully saturated rings. The second kappa shape index (κ2) is 3.42. The van der Waals surface area contributed by atoms with Crippen molar-refractivity contribution in [2.45, 2.75) is 39.5 Å². The highest BCUT2D eigenvalue weighted by Crippen LogP contribution is 2.40. The zero-order chi connectivity index (χ0) is 9.19. The Bertz CT molecular complexity index is 191. The lowest BCUT2D eigenvalue weighted by Gasteiger charge is -2.36. The van der Waals surface area contributed by atoms with Gasteiger partial charge in [-0.3, -0.25) is 4.79 Å². The van der Waals surface area contributed by atoms with Crippen molar-refractivity contribution in [2.75, 3.05) is 0 Å². The number of ketones is 1. The van der Waals surface area contributed by atoms with Gasteiger partial charge in [-0.05, 0) is 24.7 Å². The van der Waals surface area contributed by atoms with Crippen LogP contribution in [-0.2, 0) is 4.79 Å². The summed E-state index contributed by atoms with van der Waals surface area (Å²) in [5.41, 5.74) is 0.198. The van der Waals surface area contributed by atoms with E-state index >= 15 is 0 Å². The summed E-state index contributed by atoms with van der Waals surface area (Å²) in [7, 11) is 0. The van der Waals surface area contributed by atoms with Crippen molar-refractivity contribution in [3.05, 3.63) is 12.7 Å². The van der Waals surface area contributed by atoms with Crippen molar-refractivity contribution in [1.82, 2.24) is 0 Å². The van der Waals surface area contributed by atoms with Gasteiger partial charge < -0.3 is 0 Å². The van der Waals surface area contributed by atoms with Crippen molar-refractivity contribution >= 4 is 5.78 Å². The maximum absolute atomic E-state index is 11.6. The number of hydrogen-bond acceptors (Lipinski definition) is 1. The smallest absolute Gasteiger partial charge is 0.136 e. The summed E-state index contributed by atoms with van der Waals surface area (Å²) in [6.07, 6.45) is 5.75. The van der Waals surface area contributed by atoms with Crippen LogP contribution in [0.5, 0.6) is 0 Å². The number of hydrogen-bond donors (Lipinski definition) is 0. The van der Waals surface area contributed by atoms with Gasteiger partial charge in [0.15, 0.2) is 0 Å². The molecule has 1 atom stereocenters. The Labute approximate surface area is 74.9 Å². The SMILES string of the molecule is C=CCC1C(=O)CCCC1(C)C. The van der Waals surface area contributed by atoms with E-state index in [-0.39, 0.29) is 11.3 Å². The molecule has 0 N–H and O–H groups in total. The Morgan fingerprint density at radius 3 is 2.83 bits per heavy atom. The Hall–Kier alpha value is -0.590. The average Bonchev–Trinajstić information content (AvgIpc) is 1.97. The van der Waals surface area contributed by atoms with Crippen molar-refractivity contribution < 1.29 is 4.79 Å². The van der Waals surface area contributed by atoms with Crippen LogP contribution in [0.15, 0.2) is 12.7 Å². The lowest BCUT2D eigenvalue weighted by atomic mass is 9.67. The van der Waals surface area contributed by atoms with Gasteiger partial charge >= 0.3 is 0 Å². The van der Waals surface area contributed by atoms with E-state index in [2.05, 4.69) is 20.4 Å². The first-order valence-electron chi connectivity index (χ1n) is 4.71. The number of Topliss-reactive ketones (excluding diaryl/α,β-unsaturated/α-hetero) is 1.